The van der Waals surface area contributed by atoms with Crippen molar-refractivity contribution in [2.75, 3.05) is 13.1 Å². The van der Waals surface area contributed by atoms with Crippen LogP contribution in [0, 0.1) is 5.92 Å². The van der Waals surface area contributed by atoms with Crippen LogP contribution in [0.4, 0.5) is 0 Å². The fourth-order valence-corrected chi connectivity index (χ4v) is 2.74. The summed E-state index contributed by atoms with van der Waals surface area (Å²) in [6, 6.07) is 0.0126. The second kappa shape index (κ2) is 5.16. The summed E-state index contributed by atoms with van der Waals surface area (Å²) in [5.74, 6) is 0.256. The Hall–Kier alpha value is -1.59. The monoisotopic (exact) mass is 251 g/mol. The second-order valence-electron chi connectivity index (χ2n) is 4.08. The average Bonchev–Trinajstić information content (AvgIpc) is 2.94. The van der Waals surface area contributed by atoms with E-state index in [1.54, 1.807) is 17.5 Å². The minimum Gasteiger partial charge on any atom is -0.333 e. The lowest BCUT2D eigenvalue weighted by Crippen LogP contribution is -2.28. The van der Waals surface area contributed by atoms with Crippen LogP contribution in [-0.4, -0.2) is 28.9 Å². The third kappa shape index (κ3) is 2.57. The highest BCUT2D eigenvalue weighted by Gasteiger charge is 2.33. The van der Waals surface area contributed by atoms with Crippen molar-refractivity contribution in [1.82, 2.24) is 9.88 Å². The van der Waals surface area contributed by atoms with E-state index in [0.717, 1.165) is 5.01 Å². The number of carbonyl (C=O) groups excluding carboxylic acids is 1. The normalized spacial score (nSPS) is 21.4. The molecular formula is C10H13N5OS. The molecule has 0 spiro atoms. The minimum absolute atomic E-state index is 0.0126. The lowest BCUT2D eigenvalue weighted by molar-refractivity contribution is -0.129. The highest BCUT2D eigenvalue weighted by molar-refractivity contribution is 7.09. The zero-order valence-electron chi connectivity index (χ0n) is 9.48. The molecule has 0 radical (unpaired) electrons. The van der Waals surface area contributed by atoms with Crippen LogP contribution < -0.4 is 0 Å². The van der Waals surface area contributed by atoms with Gasteiger partial charge in [-0.1, -0.05) is 5.11 Å². The zero-order valence-corrected chi connectivity index (χ0v) is 10.3. The van der Waals surface area contributed by atoms with E-state index in [1.165, 1.54) is 0 Å². The quantitative estimate of drug-likeness (QED) is 0.467. The zero-order chi connectivity index (χ0) is 12.3. The lowest BCUT2D eigenvalue weighted by atomic mass is 10.1. The Morgan fingerprint density at radius 3 is 3.29 bits per heavy atom. The maximum atomic E-state index is 11.9. The van der Waals surface area contributed by atoms with E-state index >= 15 is 0 Å². The Kier molecular flexibility index (Phi) is 3.61. The summed E-state index contributed by atoms with van der Waals surface area (Å²) in [7, 11) is 0. The molecule has 1 aromatic heterocycles. The largest absolute Gasteiger partial charge is 0.333 e. The Bertz CT molecular complexity index is 440. The number of thiazole rings is 1. The Labute approximate surface area is 103 Å². The minimum atomic E-state index is 0.0126. The molecule has 2 heterocycles. The van der Waals surface area contributed by atoms with Gasteiger partial charge in [0.2, 0.25) is 5.91 Å². The number of amides is 1. The van der Waals surface area contributed by atoms with Crippen LogP contribution in [0.3, 0.4) is 0 Å². The summed E-state index contributed by atoms with van der Waals surface area (Å²) >= 11 is 1.55. The molecule has 1 amide bonds. The molecule has 0 N–H and O–H groups in total. The first kappa shape index (κ1) is 11.9. The number of azide groups is 1. The number of hydrogen-bond acceptors (Lipinski definition) is 4. The van der Waals surface area contributed by atoms with Gasteiger partial charge >= 0.3 is 0 Å². The van der Waals surface area contributed by atoms with Crippen molar-refractivity contribution >= 4 is 17.2 Å². The molecule has 0 bridgehead atoms. The van der Waals surface area contributed by atoms with Crippen molar-refractivity contribution in [1.29, 1.82) is 0 Å². The van der Waals surface area contributed by atoms with Crippen molar-refractivity contribution in [3.63, 3.8) is 0 Å². The molecule has 1 aromatic rings. The number of likely N-dealkylation sites (tertiary alicyclic amines) is 1. The highest BCUT2D eigenvalue weighted by atomic mass is 32.1. The van der Waals surface area contributed by atoms with Crippen LogP contribution in [0.25, 0.3) is 10.4 Å². The standard InChI is InChI=1S/C10H13N5OS/c1-7(10-12-2-3-17-10)15-6-8(4-9(15)16)5-13-14-11/h2-3,7-8H,4-6H2,1H3. The van der Waals surface area contributed by atoms with Gasteiger partial charge in [-0.25, -0.2) is 4.98 Å². The molecule has 2 unspecified atom stereocenters. The van der Waals surface area contributed by atoms with Crippen molar-refractivity contribution in [3.05, 3.63) is 27.0 Å². The number of nitrogens with zero attached hydrogens (tertiary/aromatic N) is 5. The van der Waals surface area contributed by atoms with Gasteiger partial charge in [-0.2, -0.15) is 0 Å². The van der Waals surface area contributed by atoms with E-state index in [1.807, 2.05) is 17.2 Å². The summed E-state index contributed by atoms with van der Waals surface area (Å²) in [5.41, 5.74) is 8.27. The number of aromatic nitrogens is 1. The predicted octanol–water partition coefficient (Wildman–Crippen LogP) is 2.36. The van der Waals surface area contributed by atoms with Crippen molar-refractivity contribution < 1.29 is 4.79 Å². The van der Waals surface area contributed by atoms with Crippen LogP contribution >= 0.6 is 11.3 Å². The molecule has 0 aliphatic carbocycles. The third-order valence-corrected chi connectivity index (χ3v) is 3.86. The average molecular weight is 251 g/mol. The predicted molar refractivity (Wildman–Crippen MR) is 64.4 cm³/mol. The van der Waals surface area contributed by atoms with E-state index in [9.17, 15) is 4.79 Å². The Balaban J connectivity index is 2.02. The smallest absolute Gasteiger partial charge is 0.223 e. The molecule has 17 heavy (non-hydrogen) atoms. The first-order chi connectivity index (χ1) is 8.22. The Morgan fingerprint density at radius 2 is 2.65 bits per heavy atom. The first-order valence-electron chi connectivity index (χ1n) is 5.42. The maximum Gasteiger partial charge on any atom is 0.223 e. The number of hydrogen-bond donors (Lipinski definition) is 0. The number of carbonyl (C=O) groups is 1. The van der Waals surface area contributed by atoms with Gasteiger partial charge in [-0.05, 0) is 18.4 Å². The van der Waals surface area contributed by atoms with E-state index in [4.69, 9.17) is 5.53 Å². The summed E-state index contributed by atoms with van der Waals surface area (Å²) in [6.07, 6.45) is 2.21. The first-order valence-corrected chi connectivity index (χ1v) is 6.30. The lowest BCUT2D eigenvalue weighted by Gasteiger charge is -2.22. The van der Waals surface area contributed by atoms with Crippen LogP contribution in [0.5, 0.6) is 0 Å². The molecule has 2 rings (SSSR count). The molecule has 1 aliphatic heterocycles. The number of rotatable bonds is 4. The van der Waals surface area contributed by atoms with Gasteiger partial charge in [0.1, 0.15) is 5.01 Å². The van der Waals surface area contributed by atoms with Crippen molar-refractivity contribution in [2.45, 2.75) is 19.4 Å². The van der Waals surface area contributed by atoms with Gasteiger partial charge < -0.3 is 4.90 Å². The van der Waals surface area contributed by atoms with Crippen LogP contribution in [-0.2, 0) is 4.79 Å². The van der Waals surface area contributed by atoms with Crippen LogP contribution in [0.2, 0.25) is 0 Å². The highest BCUT2D eigenvalue weighted by Crippen LogP contribution is 2.29. The summed E-state index contributed by atoms with van der Waals surface area (Å²) in [6.45, 7) is 3.02. The summed E-state index contributed by atoms with van der Waals surface area (Å²) < 4.78 is 0. The van der Waals surface area contributed by atoms with E-state index < -0.39 is 0 Å². The van der Waals surface area contributed by atoms with Gasteiger partial charge in [-0.15, -0.1) is 11.3 Å². The van der Waals surface area contributed by atoms with E-state index in [2.05, 4.69) is 15.0 Å². The second-order valence-corrected chi connectivity index (χ2v) is 5.00. The van der Waals surface area contributed by atoms with E-state index in [0.29, 0.717) is 19.5 Å². The van der Waals surface area contributed by atoms with Gasteiger partial charge in [0.25, 0.3) is 0 Å². The topological polar surface area (TPSA) is 82.0 Å². The molecule has 0 aromatic carbocycles. The molecule has 1 fully saturated rings. The molecule has 0 saturated carbocycles. The molecular weight excluding hydrogens is 238 g/mol. The SMILES string of the molecule is CC(c1nccs1)N1CC(CN=[N+]=[N-])CC1=O. The van der Waals surface area contributed by atoms with Crippen LogP contribution in [0.15, 0.2) is 16.7 Å². The van der Waals surface area contributed by atoms with Crippen molar-refractivity contribution in [3.8, 4) is 0 Å². The fraction of sp³-hybridized carbons (Fsp3) is 0.600. The van der Waals surface area contributed by atoms with Gasteiger partial charge in [-0.3, -0.25) is 4.79 Å². The molecule has 7 heteroatoms. The summed E-state index contributed by atoms with van der Waals surface area (Å²) in [5, 5.41) is 6.39. The van der Waals surface area contributed by atoms with Gasteiger partial charge in [0, 0.05) is 36.0 Å². The molecule has 90 valence electrons. The molecule has 2 atom stereocenters. The molecule has 1 aliphatic rings. The van der Waals surface area contributed by atoms with Crippen LogP contribution in [0.1, 0.15) is 24.4 Å². The third-order valence-electron chi connectivity index (χ3n) is 2.92. The molecule has 6 nitrogen and oxygen atoms in total. The van der Waals surface area contributed by atoms with Crippen molar-refractivity contribution in [2.24, 2.45) is 11.0 Å². The molecule has 1 saturated heterocycles. The maximum absolute atomic E-state index is 11.9. The van der Waals surface area contributed by atoms with E-state index in [-0.39, 0.29) is 17.9 Å². The fourth-order valence-electron chi connectivity index (χ4n) is 2.03. The van der Waals surface area contributed by atoms with Gasteiger partial charge in [0.15, 0.2) is 0 Å². The Morgan fingerprint density at radius 1 is 1.82 bits per heavy atom. The van der Waals surface area contributed by atoms with Gasteiger partial charge in [0.05, 0.1) is 6.04 Å². The summed E-state index contributed by atoms with van der Waals surface area (Å²) in [4.78, 5) is 20.6.